The van der Waals surface area contributed by atoms with E-state index in [1.807, 2.05) is 0 Å². The minimum atomic E-state index is -2.11. The number of aryl methyl sites for hydroxylation is 1. The first-order valence-corrected chi connectivity index (χ1v) is 19.1. The van der Waals surface area contributed by atoms with Crippen LogP contribution in [0.1, 0.15) is 144 Å². The summed E-state index contributed by atoms with van der Waals surface area (Å²) in [5.41, 5.74) is 7.67. The molecule has 5 nitrogen and oxygen atoms in total. The number of aliphatic hydroxyl groups is 1. The molecule has 0 aromatic carbocycles. The Morgan fingerprint density at radius 2 is 1.78 bits per heavy atom. The third kappa shape index (κ3) is 6.59. The highest BCUT2D eigenvalue weighted by atomic mass is 32.1. The Kier molecular flexibility index (Phi) is 8.95. The van der Waals surface area contributed by atoms with Crippen molar-refractivity contribution in [3.05, 3.63) is 49.7 Å². The molecule has 3 heterocycles. The Hall–Kier alpha value is -1.38. The van der Waals surface area contributed by atoms with E-state index in [2.05, 4.69) is 95.3 Å². The van der Waals surface area contributed by atoms with E-state index in [9.17, 15) is 5.11 Å². The molecule has 0 spiro atoms. The number of aliphatic hydroxyl groups excluding tert-OH is 1. The number of pyridine rings is 1. The molecule has 0 amide bonds. The summed E-state index contributed by atoms with van der Waals surface area (Å²) in [6, 6.07) is 0. The third-order valence-electron chi connectivity index (χ3n) is 9.16. The number of nitrogens with zero attached hydrogens (tertiary/aromatic N) is 2. The highest BCUT2D eigenvalue weighted by molar-refractivity contribution is 7.12. The Labute approximate surface area is 254 Å². The van der Waals surface area contributed by atoms with E-state index in [1.54, 1.807) is 11.3 Å². The zero-order valence-electron chi connectivity index (χ0n) is 27.9. The number of hydrogen-bond acceptors (Lipinski definition) is 6. The van der Waals surface area contributed by atoms with Crippen LogP contribution in [-0.4, -0.2) is 36.6 Å². The van der Waals surface area contributed by atoms with Gasteiger partial charge in [-0.3, -0.25) is 4.98 Å². The molecule has 0 bridgehead atoms. The van der Waals surface area contributed by atoms with E-state index in [4.69, 9.17) is 19.1 Å². The second-order valence-electron chi connectivity index (χ2n) is 15.9. The summed E-state index contributed by atoms with van der Waals surface area (Å²) in [5, 5.41) is 13.1. The summed E-state index contributed by atoms with van der Waals surface area (Å²) in [4.78, 5) is 11.6. The maximum absolute atomic E-state index is 12.3. The molecular formula is C34H54N2O3SSi. The predicted molar refractivity (Wildman–Crippen MR) is 174 cm³/mol. The van der Waals surface area contributed by atoms with Crippen LogP contribution in [0.3, 0.4) is 0 Å². The second-order valence-corrected chi connectivity index (χ2v) is 21.7. The number of aromatic nitrogens is 2. The number of ether oxygens (including phenoxy) is 1. The van der Waals surface area contributed by atoms with Crippen molar-refractivity contribution in [3.63, 3.8) is 0 Å². The van der Waals surface area contributed by atoms with Crippen LogP contribution >= 0.6 is 11.3 Å². The molecular weight excluding hydrogens is 545 g/mol. The van der Waals surface area contributed by atoms with Crippen molar-refractivity contribution in [1.29, 1.82) is 0 Å². The molecule has 0 saturated heterocycles. The SMILES string of the molecule is Cc1nc([C@H](O)c2c(C(C)C)nc3c(c2C2=CCOCC2)[C@@H](O[Si](C)(C)C(C)(C)C)CC(C)(C)C3)sc1C(C)(C)C. The van der Waals surface area contributed by atoms with Crippen LogP contribution in [0.15, 0.2) is 6.08 Å². The van der Waals surface area contributed by atoms with Crippen LogP contribution < -0.4 is 0 Å². The number of thiazole rings is 1. The molecule has 4 rings (SSSR count). The summed E-state index contributed by atoms with van der Waals surface area (Å²) in [6.07, 6.45) is 3.94. The summed E-state index contributed by atoms with van der Waals surface area (Å²) in [6.45, 7) is 30.7. The highest BCUT2D eigenvalue weighted by Gasteiger charge is 2.45. The number of rotatable bonds is 6. The lowest BCUT2D eigenvalue weighted by Crippen LogP contribution is -2.44. The molecule has 7 heteroatoms. The van der Waals surface area contributed by atoms with Crippen LogP contribution in [0.25, 0.3) is 5.57 Å². The van der Waals surface area contributed by atoms with E-state index in [1.165, 1.54) is 16.0 Å². The molecule has 1 aliphatic heterocycles. The minimum Gasteiger partial charge on any atom is -0.410 e. The fourth-order valence-corrected chi connectivity index (χ4v) is 8.48. The van der Waals surface area contributed by atoms with Crippen LogP contribution in [0.2, 0.25) is 18.1 Å². The van der Waals surface area contributed by atoms with E-state index in [0.717, 1.165) is 52.5 Å². The summed E-state index contributed by atoms with van der Waals surface area (Å²) in [7, 11) is -2.11. The second kappa shape index (κ2) is 11.3. The van der Waals surface area contributed by atoms with Crippen LogP contribution in [0, 0.1) is 12.3 Å². The first kappa shape index (κ1) is 32.5. The van der Waals surface area contributed by atoms with E-state index in [-0.39, 0.29) is 27.9 Å². The minimum absolute atomic E-state index is 0.0333. The molecule has 2 atom stereocenters. The van der Waals surface area contributed by atoms with Gasteiger partial charge < -0.3 is 14.3 Å². The molecule has 0 unspecified atom stereocenters. The van der Waals surface area contributed by atoms with Crippen molar-refractivity contribution in [2.75, 3.05) is 13.2 Å². The van der Waals surface area contributed by atoms with Crippen LogP contribution in [0.5, 0.6) is 0 Å². The molecule has 0 fully saturated rings. The van der Waals surface area contributed by atoms with Gasteiger partial charge in [0.1, 0.15) is 11.1 Å². The monoisotopic (exact) mass is 598 g/mol. The molecule has 1 aliphatic carbocycles. The molecule has 0 saturated carbocycles. The van der Waals surface area contributed by atoms with Crippen molar-refractivity contribution in [2.24, 2.45) is 5.41 Å². The van der Waals surface area contributed by atoms with E-state index in [0.29, 0.717) is 13.2 Å². The first-order valence-electron chi connectivity index (χ1n) is 15.4. The van der Waals surface area contributed by atoms with Gasteiger partial charge in [0, 0.05) is 21.7 Å². The van der Waals surface area contributed by atoms with Crippen molar-refractivity contribution in [3.8, 4) is 0 Å². The smallest absolute Gasteiger partial charge is 0.192 e. The number of hydrogen-bond donors (Lipinski definition) is 1. The Morgan fingerprint density at radius 1 is 1.12 bits per heavy atom. The Balaban J connectivity index is 2.04. The molecule has 228 valence electrons. The molecule has 2 aromatic heterocycles. The van der Waals surface area contributed by atoms with Gasteiger partial charge in [-0.15, -0.1) is 11.3 Å². The van der Waals surface area contributed by atoms with Gasteiger partial charge in [-0.25, -0.2) is 4.98 Å². The molecule has 2 aromatic rings. The molecule has 1 N–H and O–H groups in total. The van der Waals surface area contributed by atoms with Crippen LogP contribution in [0.4, 0.5) is 0 Å². The first-order chi connectivity index (χ1) is 18.7. The summed E-state index contributed by atoms with van der Waals surface area (Å²) in [5.74, 6) is 0.150. The van der Waals surface area contributed by atoms with E-state index < -0.39 is 14.4 Å². The topological polar surface area (TPSA) is 64.5 Å². The van der Waals surface area contributed by atoms with Gasteiger partial charge >= 0.3 is 0 Å². The Morgan fingerprint density at radius 3 is 2.29 bits per heavy atom. The Bertz CT molecular complexity index is 1310. The maximum atomic E-state index is 12.3. The van der Waals surface area contributed by atoms with Gasteiger partial charge in [0.15, 0.2) is 8.32 Å². The lowest BCUT2D eigenvalue weighted by molar-refractivity contribution is 0.105. The molecule has 41 heavy (non-hydrogen) atoms. The highest BCUT2D eigenvalue weighted by Crippen LogP contribution is 2.52. The van der Waals surface area contributed by atoms with Gasteiger partial charge in [-0.2, -0.15) is 0 Å². The summed E-state index contributed by atoms with van der Waals surface area (Å²) >= 11 is 1.64. The van der Waals surface area contributed by atoms with Crippen molar-refractivity contribution >= 4 is 25.2 Å². The average Bonchev–Trinajstić information content (AvgIpc) is 3.23. The lowest BCUT2D eigenvalue weighted by Gasteiger charge is -2.45. The van der Waals surface area contributed by atoms with Crippen molar-refractivity contribution < 1.29 is 14.3 Å². The van der Waals surface area contributed by atoms with Crippen molar-refractivity contribution in [1.82, 2.24) is 9.97 Å². The van der Waals surface area contributed by atoms with E-state index >= 15 is 0 Å². The van der Waals surface area contributed by atoms with Gasteiger partial charge in [0.25, 0.3) is 0 Å². The third-order valence-corrected chi connectivity index (χ3v) is 15.3. The zero-order valence-corrected chi connectivity index (χ0v) is 29.7. The number of fused-ring (bicyclic) bond motifs is 1. The van der Waals surface area contributed by atoms with Crippen molar-refractivity contribution in [2.45, 2.75) is 137 Å². The summed E-state index contributed by atoms with van der Waals surface area (Å²) < 4.78 is 13.1. The van der Waals surface area contributed by atoms with Gasteiger partial charge in [-0.1, -0.05) is 75.3 Å². The quantitative estimate of drug-likeness (QED) is 0.336. The predicted octanol–water partition coefficient (Wildman–Crippen LogP) is 9.19. The fraction of sp³-hybridized carbons (Fsp3) is 0.706. The molecule has 2 aliphatic rings. The standard InChI is InChI=1S/C34H54N2O3SSi/c1-20(2)28-27(29(37)31-35-21(3)30(40-31)32(4,5)6)25(22-14-16-38-17-15-22)26-23(36-28)18-34(10,11)19-24(26)39-41(12,13)33(7,8)9/h14,20,24,29,37H,15-19H2,1-13H3/t24-,29+/m0/s1. The zero-order chi connectivity index (χ0) is 30.7. The average molecular weight is 599 g/mol. The largest absolute Gasteiger partial charge is 0.410 e. The fourth-order valence-electron chi connectivity index (χ4n) is 6.10. The normalized spacial score (nSPS) is 20.7. The maximum Gasteiger partial charge on any atom is 0.192 e. The lowest BCUT2D eigenvalue weighted by atomic mass is 9.71. The van der Waals surface area contributed by atoms with Gasteiger partial charge in [-0.05, 0) is 72.2 Å². The van der Waals surface area contributed by atoms with Crippen LogP contribution in [-0.2, 0) is 21.0 Å². The molecule has 0 radical (unpaired) electrons. The van der Waals surface area contributed by atoms with Gasteiger partial charge in [0.2, 0.25) is 0 Å². The van der Waals surface area contributed by atoms with Gasteiger partial charge in [0.05, 0.1) is 30.7 Å².